The Labute approximate surface area is 283 Å². The standard InChI is InChI=1S/C34H35F7N4O3S/c1-18-11-22(35)7-8-24(18)28-27(25(15-42)29(49-28)45-10-9-23(17-45)44-30(47)48-31(2,3)4)43-16-26(46)32(5,6)19-12-20(33(36,37)38)14-21(13-19)34(39,40)41/h7-8,11-14,23,43H,9-10,16-17H2,1-6H3,(H,44,47)/t23-/m1/s1. The molecule has 264 valence electrons. The van der Waals surface area contributed by atoms with Crippen LogP contribution in [0.15, 0.2) is 36.4 Å². The summed E-state index contributed by atoms with van der Waals surface area (Å²) in [6.07, 6.45) is -10.3. The van der Waals surface area contributed by atoms with E-state index in [2.05, 4.69) is 16.7 Å². The summed E-state index contributed by atoms with van der Waals surface area (Å²) in [4.78, 5) is 28.3. The van der Waals surface area contributed by atoms with Crippen molar-refractivity contribution in [2.24, 2.45) is 0 Å². The van der Waals surface area contributed by atoms with Crippen molar-refractivity contribution in [3.05, 3.63) is 70.0 Å². The van der Waals surface area contributed by atoms with E-state index in [1.54, 1.807) is 27.7 Å². The van der Waals surface area contributed by atoms with Gasteiger partial charge in [0, 0.05) is 13.1 Å². The van der Waals surface area contributed by atoms with Gasteiger partial charge in [0.05, 0.1) is 39.7 Å². The second-order valence-corrected chi connectivity index (χ2v) is 14.3. The summed E-state index contributed by atoms with van der Waals surface area (Å²) in [6.45, 7) is 9.51. The van der Waals surface area contributed by atoms with E-state index in [1.165, 1.54) is 43.4 Å². The fraction of sp³-hybridized carbons (Fsp3) is 0.441. The Balaban J connectivity index is 1.69. The topological polar surface area (TPSA) is 94.5 Å². The molecule has 1 saturated heterocycles. The van der Waals surface area contributed by atoms with Gasteiger partial charge < -0.3 is 20.3 Å². The number of Topliss-reactive ketones (excluding diaryl/α,β-unsaturated/α-hetero) is 1. The van der Waals surface area contributed by atoms with Crippen LogP contribution in [0.25, 0.3) is 10.4 Å². The van der Waals surface area contributed by atoms with E-state index in [9.17, 15) is 45.6 Å². The average Bonchev–Trinajstić information content (AvgIpc) is 3.57. The number of ketones is 1. The lowest BCUT2D eigenvalue weighted by molar-refractivity contribution is -0.143. The zero-order valence-corrected chi connectivity index (χ0v) is 28.4. The molecule has 0 aliphatic carbocycles. The number of rotatable bonds is 8. The van der Waals surface area contributed by atoms with Gasteiger partial charge in [-0.2, -0.15) is 31.6 Å². The number of hydrogen-bond acceptors (Lipinski definition) is 7. The number of aryl methyl sites for hydroxylation is 1. The van der Waals surface area contributed by atoms with Gasteiger partial charge >= 0.3 is 18.4 Å². The lowest BCUT2D eigenvalue weighted by Crippen LogP contribution is -2.40. The number of alkyl halides is 6. The number of thiophene rings is 1. The van der Waals surface area contributed by atoms with Crippen molar-refractivity contribution in [3.8, 4) is 16.5 Å². The Kier molecular flexibility index (Phi) is 10.4. The first-order valence-electron chi connectivity index (χ1n) is 15.2. The molecule has 0 radical (unpaired) electrons. The predicted molar refractivity (Wildman–Crippen MR) is 172 cm³/mol. The molecule has 1 amide bonds. The summed E-state index contributed by atoms with van der Waals surface area (Å²) in [5, 5.41) is 16.6. The molecule has 2 aromatic carbocycles. The minimum atomic E-state index is -5.10. The maximum absolute atomic E-state index is 14.1. The van der Waals surface area contributed by atoms with Gasteiger partial charge in [0.25, 0.3) is 0 Å². The molecule has 1 aromatic heterocycles. The Morgan fingerprint density at radius 1 is 0.980 bits per heavy atom. The maximum Gasteiger partial charge on any atom is 0.416 e. The van der Waals surface area contributed by atoms with Gasteiger partial charge in [-0.3, -0.25) is 4.79 Å². The number of benzene rings is 2. The number of ether oxygens (including phenoxy) is 1. The second kappa shape index (κ2) is 13.5. The lowest BCUT2D eigenvalue weighted by Gasteiger charge is -2.26. The first-order chi connectivity index (χ1) is 22.5. The van der Waals surface area contributed by atoms with Crippen LogP contribution in [0, 0.1) is 24.1 Å². The van der Waals surface area contributed by atoms with Crippen LogP contribution in [0.1, 0.15) is 68.9 Å². The summed E-state index contributed by atoms with van der Waals surface area (Å²) >= 11 is 1.19. The van der Waals surface area contributed by atoms with Crippen LogP contribution in [-0.4, -0.2) is 43.2 Å². The molecule has 3 aromatic rings. The first-order valence-corrected chi connectivity index (χ1v) is 16.0. The molecule has 2 N–H and O–H groups in total. The SMILES string of the molecule is Cc1cc(F)ccc1-c1sc(N2CC[C@@H](NC(=O)OC(C)(C)C)C2)c(C#N)c1NCC(=O)C(C)(C)c1cc(C(F)(F)F)cc(C(F)(F)F)c1. The van der Waals surface area contributed by atoms with Crippen molar-refractivity contribution in [3.63, 3.8) is 0 Å². The molecule has 0 saturated carbocycles. The van der Waals surface area contributed by atoms with E-state index in [0.29, 0.717) is 52.6 Å². The number of hydrogen-bond donors (Lipinski definition) is 2. The van der Waals surface area contributed by atoms with Crippen LogP contribution >= 0.6 is 11.3 Å². The highest BCUT2D eigenvalue weighted by atomic mass is 32.1. The second-order valence-electron chi connectivity index (χ2n) is 13.3. The van der Waals surface area contributed by atoms with Crippen LogP contribution in [0.4, 0.5) is 46.2 Å². The summed E-state index contributed by atoms with van der Waals surface area (Å²) < 4.78 is 101. The van der Waals surface area contributed by atoms with Gasteiger partial charge in [0.15, 0.2) is 5.78 Å². The third-order valence-corrected chi connectivity index (χ3v) is 9.35. The van der Waals surface area contributed by atoms with Crippen molar-refractivity contribution in [1.29, 1.82) is 5.26 Å². The average molecular weight is 713 g/mol. The highest BCUT2D eigenvalue weighted by Crippen LogP contribution is 2.47. The Morgan fingerprint density at radius 3 is 2.10 bits per heavy atom. The molecular weight excluding hydrogens is 677 g/mol. The van der Waals surface area contributed by atoms with Crippen molar-refractivity contribution < 1.29 is 45.1 Å². The molecule has 0 unspecified atom stereocenters. The van der Waals surface area contributed by atoms with Crippen molar-refractivity contribution in [2.75, 3.05) is 29.9 Å². The number of amides is 1. The van der Waals surface area contributed by atoms with Crippen LogP contribution < -0.4 is 15.5 Å². The molecule has 4 rings (SSSR count). The molecule has 49 heavy (non-hydrogen) atoms. The molecule has 1 atom stereocenters. The van der Waals surface area contributed by atoms with Gasteiger partial charge in [-0.05, 0) is 95.0 Å². The van der Waals surface area contributed by atoms with E-state index < -0.39 is 64.3 Å². The van der Waals surface area contributed by atoms with Gasteiger partial charge in [-0.15, -0.1) is 11.3 Å². The molecule has 0 spiro atoms. The quantitative estimate of drug-likeness (QED) is 0.227. The fourth-order valence-electron chi connectivity index (χ4n) is 5.39. The summed E-state index contributed by atoms with van der Waals surface area (Å²) in [5.74, 6) is -1.25. The van der Waals surface area contributed by atoms with E-state index >= 15 is 0 Å². The minimum absolute atomic E-state index is 0.00234. The molecule has 1 fully saturated rings. The predicted octanol–water partition coefficient (Wildman–Crippen LogP) is 8.83. The maximum atomic E-state index is 14.1. The third kappa shape index (κ3) is 8.65. The number of nitrogens with one attached hydrogen (secondary N) is 2. The van der Waals surface area contributed by atoms with Crippen molar-refractivity contribution >= 4 is 33.9 Å². The molecule has 1 aliphatic rings. The molecule has 15 heteroatoms. The largest absolute Gasteiger partial charge is 0.444 e. The zero-order chi connectivity index (χ0) is 36.7. The highest BCUT2D eigenvalue weighted by molar-refractivity contribution is 7.20. The number of carbonyl (C=O) groups is 2. The van der Waals surface area contributed by atoms with Crippen LogP contribution in [0.3, 0.4) is 0 Å². The number of carbonyl (C=O) groups excluding carboxylic acids is 2. The van der Waals surface area contributed by atoms with Gasteiger partial charge in [0.2, 0.25) is 0 Å². The third-order valence-electron chi connectivity index (χ3n) is 8.06. The first kappa shape index (κ1) is 37.5. The van der Waals surface area contributed by atoms with E-state index in [1.807, 2.05) is 4.90 Å². The lowest BCUT2D eigenvalue weighted by atomic mass is 9.79. The molecule has 1 aliphatic heterocycles. The molecule has 7 nitrogen and oxygen atoms in total. The number of alkyl carbamates (subject to hydrolysis) is 1. The highest BCUT2D eigenvalue weighted by Gasteiger charge is 2.40. The van der Waals surface area contributed by atoms with Gasteiger partial charge in [-0.1, -0.05) is 6.07 Å². The van der Waals surface area contributed by atoms with Crippen LogP contribution in [-0.2, 0) is 27.3 Å². The minimum Gasteiger partial charge on any atom is -0.444 e. The monoisotopic (exact) mass is 712 g/mol. The van der Waals surface area contributed by atoms with Gasteiger partial charge in [-0.25, -0.2) is 9.18 Å². The Hall–Kier alpha value is -4.32. The number of nitrogens with zero attached hydrogens (tertiary/aromatic N) is 2. The van der Waals surface area contributed by atoms with Crippen molar-refractivity contribution in [2.45, 2.75) is 77.4 Å². The molecule has 0 bridgehead atoms. The number of anilines is 2. The number of halogens is 7. The van der Waals surface area contributed by atoms with E-state index in [-0.39, 0.29) is 23.4 Å². The van der Waals surface area contributed by atoms with E-state index in [4.69, 9.17) is 4.74 Å². The summed E-state index contributed by atoms with van der Waals surface area (Å²) in [5.41, 5.74) is -4.71. The fourth-order valence-corrected chi connectivity index (χ4v) is 6.74. The number of nitriles is 1. The Morgan fingerprint density at radius 2 is 1.57 bits per heavy atom. The van der Waals surface area contributed by atoms with Gasteiger partial charge in [0.1, 0.15) is 28.1 Å². The smallest absolute Gasteiger partial charge is 0.416 e. The normalized spacial score (nSPS) is 15.6. The molecule has 2 heterocycles. The van der Waals surface area contributed by atoms with E-state index in [0.717, 1.165) is 0 Å². The zero-order valence-electron chi connectivity index (χ0n) is 27.5. The van der Waals surface area contributed by atoms with Crippen LogP contribution in [0.5, 0.6) is 0 Å². The summed E-state index contributed by atoms with van der Waals surface area (Å²) in [6, 6.07) is 6.92. The summed E-state index contributed by atoms with van der Waals surface area (Å²) in [7, 11) is 0. The Bertz CT molecular complexity index is 1750. The van der Waals surface area contributed by atoms with Crippen LogP contribution in [0.2, 0.25) is 0 Å². The molecular formula is C34H35F7N4O3S. The van der Waals surface area contributed by atoms with Crippen molar-refractivity contribution in [1.82, 2.24) is 5.32 Å².